The van der Waals surface area contributed by atoms with E-state index in [0.717, 1.165) is 25.9 Å². The van der Waals surface area contributed by atoms with E-state index in [0.29, 0.717) is 0 Å². The van der Waals surface area contributed by atoms with E-state index in [2.05, 4.69) is 42.6 Å². The summed E-state index contributed by atoms with van der Waals surface area (Å²) < 4.78 is 1.96. The summed E-state index contributed by atoms with van der Waals surface area (Å²) in [5.74, 6) is 0. The normalized spacial score (nSPS) is 14.0. The van der Waals surface area contributed by atoms with Crippen LogP contribution in [-0.2, 0) is 13.1 Å². The smallest absolute Gasteiger partial charge is 0.0659 e. The summed E-state index contributed by atoms with van der Waals surface area (Å²) in [6.45, 7) is 6.07. The second-order valence-corrected chi connectivity index (χ2v) is 5.77. The summed E-state index contributed by atoms with van der Waals surface area (Å²) >= 11 is 0. The first-order chi connectivity index (χ1) is 10.1. The quantitative estimate of drug-likeness (QED) is 0.784. The van der Waals surface area contributed by atoms with E-state index in [9.17, 15) is 0 Å². The number of nitrogens with one attached hydrogen (secondary N) is 1. The summed E-state index contributed by atoms with van der Waals surface area (Å²) in [6.07, 6.45) is 5.74. The van der Waals surface area contributed by atoms with Gasteiger partial charge in [0.2, 0.25) is 0 Å². The van der Waals surface area contributed by atoms with Gasteiger partial charge in [-0.25, -0.2) is 0 Å². The van der Waals surface area contributed by atoms with Crippen molar-refractivity contribution in [1.29, 1.82) is 0 Å². The lowest BCUT2D eigenvalue weighted by Crippen LogP contribution is -2.41. The summed E-state index contributed by atoms with van der Waals surface area (Å²) in [4.78, 5) is 0. The van der Waals surface area contributed by atoms with Gasteiger partial charge in [-0.1, -0.05) is 37.3 Å². The minimum Gasteiger partial charge on any atom is -0.396 e. The van der Waals surface area contributed by atoms with Crippen molar-refractivity contribution in [3.8, 4) is 0 Å². The Hall–Kier alpha value is -1.65. The molecule has 0 aliphatic heterocycles. The molecule has 114 valence electrons. The van der Waals surface area contributed by atoms with Gasteiger partial charge in [-0.3, -0.25) is 4.68 Å². The molecule has 21 heavy (non-hydrogen) atoms. The SMILES string of the molecule is CCC(C)(CCO)NCc1cnn(Cc2ccccc2)c1. The molecule has 0 radical (unpaired) electrons. The molecule has 0 aliphatic rings. The van der Waals surface area contributed by atoms with Crippen LogP contribution in [0.15, 0.2) is 42.7 Å². The lowest BCUT2D eigenvalue weighted by Gasteiger charge is -2.28. The Kier molecular flexibility index (Phi) is 5.53. The predicted octanol–water partition coefficient (Wildman–Crippen LogP) is 2.57. The van der Waals surface area contributed by atoms with Crippen molar-refractivity contribution in [2.45, 2.75) is 45.3 Å². The van der Waals surface area contributed by atoms with E-state index in [1.807, 2.05) is 29.1 Å². The first-order valence-corrected chi connectivity index (χ1v) is 7.56. The van der Waals surface area contributed by atoms with Crippen LogP contribution in [0, 0.1) is 0 Å². The minimum atomic E-state index is -0.0176. The number of aliphatic hydroxyl groups is 1. The van der Waals surface area contributed by atoms with Crippen molar-refractivity contribution in [1.82, 2.24) is 15.1 Å². The molecule has 0 saturated heterocycles. The van der Waals surface area contributed by atoms with E-state index in [-0.39, 0.29) is 12.1 Å². The lowest BCUT2D eigenvalue weighted by atomic mass is 9.95. The number of benzene rings is 1. The van der Waals surface area contributed by atoms with Crippen LogP contribution in [0.25, 0.3) is 0 Å². The van der Waals surface area contributed by atoms with Gasteiger partial charge in [-0.2, -0.15) is 5.10 Å². The van der Waals surface area contributed by atoms with E-state index in [1.54, 1.807) is 0 Å². The Morgan fingerprint density at radius 3 is 2.67 bits per heavy atom. The molecular weight excluding hydrogens is 262 g/mol. The number of hydrogen-bond donors (Lipinski definition) is 2. The Bertz CT molecular complexity index is 538. The Morgan fingerprint density at radius 1 is 1.24 bits per heavy atom. The Labute approximate surface area is 126 Å². The molecule has 0 spiro atoms. The molecule has 0 saturated carbocycles. The van der Waals surface area contributed by atoms with E-state index in [1.165, 1.54) is 11.1 Å². The molecule has 0 bridgehead atoms. The summed E-state index contributed by atoms with van der Waals surface area (Å²) in [7, 11) is 0. The standard InChI is InChI=1S/C17H25N3O/c1-3-17(2,9-10-21)18-11-16-12-19-20(14-16)13-15-7-5-4-6-8-15/h4-8,12,14,18,21H,3,9-11,13H2,1-2H3. The van der Waals surface area contributed by atoms with E-state index >= 15 is 0 Å². The van der Waals surface area contributed by atoms with Gasteiger partial charge in [0.1, 0.15) is 0 Å². The fourth-order valence-corrected chi connectivity index (χ4v) is 2.31. The number of aliphatic hydroxyl groups excluding tert-OH is 1. The summed E-state index contributed by atoms with van der Waals surface area (Å²) in [5, 5.41) is 17.1. The first kappa shape index (κ1) is 15.7. The fourth-order valence-electron chi connectivity index (χ4n) is 2.31. The zero-order valence-electron chi connectivity index (χ0n) is 12.9. The average molecular weight is 287 g/mol. The topological polar surface area (TPSA) is 50.1 Å². The number of aromatic nitrogens is 2. The number of rotatable bonds is 8. The van der Waals surface area contributed by atoms with Crippen molar-refractivity contribution in [2.24, 2.45) is 0 Å². The predicted molar refractivity (Wildman–Crippen MR) is 85.0 cm³/mol. The van der Waals surface area contributed by atoms with Crippen LogP contribution < -0.4 is 5.32 Å². The van der Waals surface area contributed by atoms with Crippen LogP contribution in [0.3, 0.4) is 0 Å². The van der Waals surface area contributed by atoms with Crippen molar-refractivity contribution in [3.05, 3.63) is 53.9 Å². The van der Waals surface area contributed by atoms with Gasteiger partial charge >= 0.3 is 0 Å². The second-order valence-electron chi connectivity index (χ2n) is 5.77. The third kappa shape index (κ3) is 4.69. The van der Waals surface area contributed by atoms with Crippen molar-refractivity contribution in [2.75, 3.05) is 6.61 Å². The molecule has 2 aromatic rings. The molecule has 4 nitrogen and oxygen atoms in total. The Morgan fingerprint density at radius 2 is 2.00 bits per heavy atom. The molecule has 0 fully saturated rings. The van der Waals surface area contributed by atoms with Gasteiger partial charge in [0.25, 0.3) is 0 Å². The zero-order chi connectivity index (χ0) is 15.1. The van der Waals surface area contributed by atoms with Gasteiger partial charge < -0.3 is 10.4 Å². The van der Waals surface area contributed by atoms with Crippen LogP contribution in [0.2, 0.25) is 0 Å². The van der Waals surface area contributed by atoms with E-state index < -0.39 is 0 Å². The van der Waals surface area contributed by atoms with Crippen LogP contribution in [0.4, 0.5) is 0 Å². The lowest BCUT2D eigenvalue weighted by molar-refractivity contribution is 0.214. The number of hydrogen-bond acceptors (Lipinski definition) is 3. The maximum atomic E-state index is 9.14. The molecule has 0 aliphatic carbocycles. The highest BCUT2D eigenvalue weighted by molar-refractivity contribution is 5.15. The van der Waals surface area contributed by atoms with Crippen molar-refractivity contribution >= 4 is 0 Å². The van der Waals surface area contributed by atoms with Crippen molar-refractivity contribution in [3.63, 3.8) is 0 Å². The largest absolute Gasteiger partial charge is 0.396 e. The van der Waals surface area contributed by atoms with Crippen LogP contribution in [0.5, 0.6) is 0 Å². The Balaban J connectivity index is 1.91. The van der Waals surface area contributed by atoms with Gasteiger partial charge in [0, 0.05) is 30.5 Å². The number of nitrogens with zero attached hydrogens (tertiary/aromatic N) is 2. The third-order valence-corrected chi connectivity index (χ3v) is 4.04. The molecule has 1 unspecified atom stereocenters. The summed E-state index contributed by atoms with van der Waals surface area (Å²) in [6, 6.07) is 10.3. The summed E-state index contributed by atoms with van der Waals surface area (Å²) in [5.41, 5.74) is 2.40. The maximum absolute atomic E-state index is 9.14. The maximum Gasteiger partial charge on any atom is 0.0659 e. The zero-order valence-corrected chi connectivity index (χ0v) is 12.9. The van der Waals surface area contributed by atoms with Crippen LogP contribution in [0.1, 0.15) is 37.8 Å². The average Bonchev–Trinajstić information content (AvgIpc) is 2.94. The van der Waals surface area contributed by atoms with Gasteiger partial charge in [0.05, 0.1) is 12.7 Å². The molecule has 1 aromatic carbocycles. The van der Waals surface area contributed by atoms with Crippen molar-refractivity contribution < 1.29 is 5.11 Å². The molecular formula is C17H25N3O. The fraction of sp³-hybridized carbons (Fsp3) is 0.471. The highest BCUT2D eigenvalue weighted by Crippen LogP contribution is 2.15. The highest BCUT2D eigenvalue weighted by atomic mass is 16.3. The van der Waals surface area contributed by atoms with Crippen LogP contribution in [-0.4, -0.2) is 27.0 Å². The molecule has 1 atom stereocenters. The van der Waals surface area contributed by atoms with Crippen LogP contribution >= 0.6 is 0 Å². The van der Waals surface area contributed by atoms with Gasteiger partial charge in [-0.15, -0.1) is 0 Å². The molecule has 2 rings (SSSR count). The minimum absolute atomic E-state index is 0.0176. The molecule has 4 heteroatoms. The molecule has 1 heterocycles. The first-order valence-electron chi connectivity index (χ1n) is 7.56. The van der Waals surface area contributed by atoms with Gasteiger partial charge in [0.15, 0.2) is 0 Å². The monoisotopic (exact) mass is 287 g/mol. The molecule has 2 N–H and O–H groups in total. The highest BCUT2D eigenvalue weighted by Gasteiger charge is 2.20. The molecule has 1 aromatic heterocycles. The van der Waals surface area contributed by atoms with Gasteiger partial charge in [-0.05, 0) is 25.3 Å². The third-order valence-electron chi connectivity index (χ3n) is 4.04. The van der Waals surface area contributed by atoms with E-state index in [4.69, 9.17) is 5.11 Å². The second kappa shape index (κ2) is 7.38. The molecule has 0 amide bonds.